The Bertz CT molecular complexity index is 1000. The fraction of sp³-hybridized carbons (Fsp3) is 0.294. The summed E-state index contributed by atoms with van der Waals surface area (Å²) in [5.41, 5.74) is 5.35. The molecule has 180 valence electrons. The highest BCUT2D eigenvalue weighted by Gasteiger charge is 2.35. The topological polar surface area (TPSA) is 20.2 Å². The Kier molecular flexibility index (Phi) is 9.17. The number of rotatable bonds is 13. The van der Waals surface area contributed by atoms with Crippen LogP contribution in [0.1, 0.15) is 73.6 Å². The van der Waals surface area contributed by atoms with Crippen LogP contribution >= 0.6 is 0 Å². The SMILES string of the molecule is Oc1ccc(CCCCCCCCCC(c2ccccc2)(c2ccccc2)c2ccccc2)cc1. The van der Waals surface area contributed by atoms with E-state index in [1.165, 1.54) is 67.2 Å². The molecule has 1 heteroatoms. The highest BCUT2D eigenvalue weighted by molar-refractivity contribution is 5.50. The highest BCUT2D eigenvalue weighted by atomic mass is 16.3. The molecule has 1 nitrogen and oxygen atoms in total. The maximum absolute atomic E-state index is 9.41. The molecule has 0 aliphatic rings. The molecule has 0 unspecified atom stereocenters. The van der Waals surface area contributed by atoms with Crippen molar-refractivity contribution >= 4 is 0 Å². The maximum atomic E-state index is 9.41. The molecule has 35 heavy (non-hydrogen) atoms. The largest absolute Gasteiger partial charge is 0.508 e. The Morgan fingerprint density at radius 1 is 0.429 bits per heavy atom. The molecule has 4 aromatic rings. The van der Waals surface area contributed by atoms with Crippen LogP contribution in [0, 0.1) is 0 Å². The lowest BCUT2D eigenvalue weighted by Crippen LogP contribution is -2.29. The number of aryl methyl sites for hydroxylation is 1. The average molecular weight is 463 g/mol. The normalized spacial score (nSPS) is 11.4. The van der Waals surface area contributed by atoms with Gasteiger partial charge in [-0.1, -0.05) is 142 Å². The molecule has 0 saturated carbocycles. The Hall–Kier alpha value is -3.32. The number of phenolic OH excluding ortho intramolecular Hbond substituents is 1. The number of aromatic hydroxyl groups is 1. The minimum Gasteiger partial charge on any atom is -0.508 e. The van der Waals surface area contributed by atoms with Crippen molar-refractivity contribution in [2.45, 2.75) is 63.2 Å². The van der Waals surface area contributed by atoms with Crippen LogP contribution in [-0.4, -0.2) is 5.11 Å². The van der Waals surface area contributed by atoms with E-state index in [1.807, 2.05) is 12.1 Å². The fourth-order valence-corrected chi connectivity index (χ4v) is 5.37. The summed E-state index contributed by atoms with van der Waals surface area (Å²) >= 11 is 0. The Morgan fingerprint density at radius 2 is 0.829 bits per heavy atom. The predicted octanol–water partition coefficient (Wildman–Crippen LogP) is 9.09. The van der Waals surface area contributed by atoms with Crippen LogP contribution in [0.25, 0.3) is 0 Å². The van der Waals surface area contributed by atoms with Gasteiger partial charge in [0.15, 0.2) is 0 Å². The van der Waals surface area contributed by atoms with E-state index in [0.717, 1.165) is 12.8 Å². The van der Waals surface area contributed by atoms with E-state index in [9.17, 15) is 5.11 Å². The third kappa shape index (κ3) is 6.63. The summed E-state index contributed by atoms with van der Waals surface area (Å²) in [6.45, 7) is 0. The number of benzene rings is 4. The molecule has 0 spiro atoms. The average Bonchev–Trinajstić information content (AvgIpc) is 2.92. The summed E-state index contributed by atoms with van der Waals surface area (Å²) in [4.78, 5) is 0. The van der Waals surface area contributed by atoms with Gasteiger partial charge >= 0.3 is 0 Å². The molecule has 4 aromatic carbocycles. The second-order valence-electron chi connectivity index (χ2n) is 9.64. The first-order chi connectivity index (χ1) is 17.3. The van der Waals surface area contributed by atoms with Gasteiger partial charge in [0.05, 0.1) is 0 Å². The smallest absolute Gasteiger partial charge is 0.115 e. The van der Waals surface area contributed by atoms with Gasteiger partial charge in [-0.3, -0.25) is 0 Å². The van der Waals surface area contributed by atoms with E-state index >= 15 is 0 Å². The Morgan fingerprint density at radius 3 is 1.29 bits per heavy atom. The summed E-state index contributed by atoms with van der Waals surface area (Å²) < 4.78 is 0. The first-order valence-electron chi connectivity index (χ1n) is 13.2. The molecule has 0 saturated heterocycles. The zero-order valence-corrected chi connectivity index (χ0v) is 20.8. The lowest BCUT2D eigenvalue weighted by atomic mass is 9.66. The van der Waals surface area contributed by atoms with E-state index in [2.05, 4.69) is 91.0 Å². The lowest BCUT2D eigenvalue weighted by molar-refractivity contribution is 0.475. The van der Waals surface area contributed by atoms with Crippen molar-refractivity contribution < 1.29 is 5.11 Å². The minimum absolute atomic E-state index is 0.117. The number of phenols is 1. The summed E-state index contributed by atoms with van der Waals surface area (Å²) in [6, 6.07) is 40.8. The zero-order valence-electron chi connectivity index (χ0n) is 20.8. The molecular weight excluding hydrogens is 424 g/mol. The van der Waals surface area contributed by atoms with Crippen molar-refractivity contribution in [3.8, 4) is 5.75 Å². The molecule has 0 atom stereocenters. The van der Waals surface area contributed by atoms with Gasteiger partial charge in [-0.25, -0.2) is 0 Å². The van der Waals surface area contributed by atoms with Crippen molar-refractivity contribution in [3.63, 3.8) is 0 Å². The van der Waals surface area contributed by atoms with Gasteiger partial charge in [-0.05, 0) is 53.6 Å². The van der Waals surface area contributed by atoms with E-state index in [-0.39, 0.29) is 5.41 Å². The van der Waals surface area contributed by atoms with E-state index in [0.29, 0.717) is 5.75 Å². The Labute approximate surface area is 211 Å². The minimum atomic E-state index is -0.117. The predicted molar refractivity (Wildman–Crippen MR) is 148 cm³/mol. The van der Waals surface area contributed by atoms with Gasteiger partial charge in [0.1, 0.15) is 5.75 Å². The fourth-order valence-electron chi connectivity index (χ4n) is 5.37. The molecule has 0 aromatic heterocycles. The van der Waals surface area contributed by atoms with Gasteiger partial charge in [-0.2, -0.15) is 0 Å². The highest BCUT2D eigenvalue weighted by Crippen LogP contribution is 2.43. The van der Waals surface area contributed by atoms with Crippen molar-refractivity contribution in [1.82, 2.24) is 0 Å². The van der Waals surface area contributed by atoms with Gasteiger partial charge < -0.3 is 5.11 Å². The number of hydrogen-bond acceptors (Lipinski definition) is 1. The standard InChI is InChI=1S/C34H38O/c35-33-26-24-29(25-27-33)17-9-4-2-1-3-5-16-28-34(30-18-10-6-11-19-30,31-20-12-7-13-21-31)32-22-14-8-15-23-32/h6-8,10-15,18-27,35H,1-5,9,16-17,28H2. The van der Waals surface area contributed by atoms with Crippen molar-refractivity contribution in [2.24, 2.45) is 0 Å². The van der Waals surface area contributed by atoms with Crippen molar-refractivity contribution in [1.29, 1.82) is 0 Å². The van der Waals surface area contributed by atoms with Crippen LogP contribution in [0.2, 0.25) is 0 Å². The molecule has 0 amide bonds. The summed E-state index contributed by atoms with van der Waals surface area (Å²) in [6.07, 6.45) is 11.1. The van der Waals surface area contributed by atoms with Crippen LogP contribution in [0.4, 0.5) is 0 Å². The second-order valence-corrected chi connectivity index (χ2v) is 9.64. The maximum Gasteiger partial charge on any atom is 0.115 e. The van der Waals surface area contributed by atoms with Crippen LogP contribution in [0.15, 0.2) is 115 Å². The third-order valence-electron chi connectivity index (χ3n) is 7.25. The molecule has 1 N–H and O–H groups in total. The van der Waals surface area contributed by atoms with Crippen LogP contribution in [0.5, 0.6) is 5.75 Å². The summed E-state index contributed by atoms with van der Waals surface area (Å²) in [5, 5.41) is 9.41. The first kappa shape index (κ1) is 24.8. The molecule has 0 bridgehead atoms. The summed E-state index contributed by atoms with van der Waals surface area (Å²) in [7, 11) is 0. The van der Waals surface area contributed by atoms with E-state index in [1.54, 1.807) is 12.1 Å². The Balaban J connectivity index is 1.34. The molecule has 0 radical (unpaired) electrons. The van der Waals surface area contributed by atoms with Gasteiger partial charge in [0, 0.05) is 5.41 Å². The number of hydrogen-bond donors (Lipinski definition) is 1. The van der Waals surface area contributed by atoms with Crippen molar-refractivity contribution in [2.75, 3.05) is 0 Å². The quantitative estimate of drug-likeness (QED) is 0.155. The van der Waals surface area contributed by atoms with E-state index in [4.69, 9.17) is 0 Å². The van der Waals surface area contributed by atoms with E-state index < -0.39 is 0 Å². The van der Waals surface area contributed by atoms with Crippen molar-refractivity contribution in [3.05, 3.63) is 138 Å². The second kappa shape index (κ2) is 13.0. The lowest BCUT2D eigenvalue weighted by Gasteiger charge is -2.36. The molecule has 4 rings (SSSR count). The molecule has 0 heterocycles. The van der Waals surface area contributed by atoms with Crippen LogP contribution < -0.4 is 0 Å². The third-order valence-corrected chi connectivity index (χ3v) is 7.25. The molecule has 0 aliphatic heterocycles. The first-order valence-corrected chi connectivity index (χ1v) is 13.2. The van der Waals surface area contributed by atoms with Gasteiger partial charge in [0.2, 0.25) is 0 Å². The zero-order chi connectivity index (χ0) is 24.2. The monoisotopic (exact) mass is 462 g/mol. The van der Waals surface area contributed by atoms with Gasteiger partial charge in [0.25, 0.3) is 0 Å². The number of unbranched alkanes of at least 4 members (excludes halogenated alkanes) is 6. The summed E-state index contributed by atoms with van der Waals surface area (Å²) in [5.74, 6) is 0.351. The molecule has 0 fully saturated rings. The molecule has 0 aliphatic carbocycles. The van der Waals surface area contributed by atoms with Crippen LogP contribution in [-0.2, 0) is 11.8 Å². The molecular formula is C34H38O. The van der Waals surface area contributed by atoms with Crippen LogP contribution in [0.3, 0.4) is 0 Å². The van der Waals surface area contributed by atoms with Gasteiger partial charge in [-0.15, -0.1) is 0 Å².